The lowest BCUT2D eigenvalue weighted by molar-refractivity contribution is 0.0254. The van der Waals surface area contributed by atoms with Gasteiger partial charge in [0.05, 0.1) is 19.4 Å². The first kappa shape index (κ1) is 15.1. The largest absolute Gasteiger partial charge is 0.467 e. The van der Waals surface area contributed by atoms with Crippen molar-refractivity contribution in [1.82, 2.24) is 19.8 Å². The molecule has 1 atom stereocenters. The van der Waals surface area contributed by atoms with Gasteiger partial charge in [0.1, 0.15) is 17.7 Å². The van der Waals surface area contributed by atoms with Crippen LogP contribution in [0, 0.1) is 0 Å². The van der Waals surface area contributed by atoms with Gasteiger partial charge in [0, 0.05) is 12.1 Å². The molecule has 1 fully saturated rings. The zero-order valence-corrected chi connectivity index (χ0v) is 14.0. The van der Waals surface area contributed by atoms with E-state index in [-0.39, 0.29) is 6.10 Å². The molecule has 3 aromatic heterocycles. The molecule has 0 bridgehead atoms. The fourth-order valence-electron chi connectivity index (χ4n) is 3.22. The van der Waals surface area contributed by atoms with Gasteiger partial charge in [0.15, 0.2) is 11.5 Å². The summed E-state index contributed by atoms with van der Waals surface area (Å²) in [5.74, 6) is 2.44. The molecule has 130 valence electrons. The summed E-state index contributed by atoms with van der Waals surface area (Å²) in [6.07, 6.45) is 1.58. The molecule has 0 aliphatic carbocycles. The van der Waals surface area contributed by atoms with Gasteiger partial charge >= 0.3 is 0 Å². The maximum atomic E-state index is 5.84. The van der Waals surface area contributed by atoms with Crippen molar-refractivity contribution in [2.24, 2.45) is 0 Å². The van der Waals surface area contributed by atoms with Crippen LogP contribution in [0.5, 0.6) is 0 Å². The van der Waals surface area contributed by atoms with E-state index in [4.69, 9.17) is 14.3 Å². The second-order valence-corrected chi connectivity index (χ2v) is 6.17. The number of aromatic nitrogens is 4. The van der Waals surface area contributed by atoms with Crippen LogP contribution in [-0.2, 0) is 4.74 Å². The van der Waals surface area contributed by atoms with E-state index in [9.17, 15) is 0 Å². The predicted octanol–water partition coefficient (Wildman–Crippen LogP) is 2.96. The quantitative estimate of drug-likeness (QED) is 0.567. The first-order chi connectivity index (χ1) is 12.9. The maximum Gasteiger partial charge on any atom is 0.185 e. The molecule has 4 aromatic rings. The van der Waals surface area contributed by atoms with Crippen molar-refractivity contribution in [3.05, 3.63) is 66.6 Å². The number of ether oxygens (including phenoxy) is 1. The van der Waals surface area contributed by atoms with Crippen molar-refractivity contribution in [3.8, 4) is 11.4 Å². The van der Waals surface area contributed by atoms with Gasteiger partial charge in [-0.1, -0.05) is 30.3 Å². The summed E-state index contributed by atoms with van der Waals surface area (Å²) in [7, 11) is 0. The van der Waals surface area contributed by atoms with Gasteiger partial charge in [-0.15, -0.1) is 15.3 Å². The van der Waals surface area contributed by atoms with Crippen molar-refractivity contribution in [3.63, 3.8) is 0 Å². The standard InChI is InChI=1S/C19H17N5O2/c1-2-5-14(6-3-1)19-21-20-17-8-9-18(22-24(17)19)23-10-12-26-16(13-23)15-7-4-11-25-15/h1-9,11,16H,10,12-13H2. The minimum atomic E-state index is -0.0919. The van der Waals surface area contributed by atoms with Gasteiger partial charge in [0.25, 0.3) is 0 Å². The highest BCUT2D eigenvalue weighted by atomic mass is 16.5. The van der Waals surface area contributed by atoms with E-state index in [2.05, 4.69) is 15.1 Å². The molecule has 1 unspecified atom stereocenters. The van der Waals surface area contributed by atoms with Gasteiger partial charge in [0.2, 0.25) is 0 Å². The minimum Gasteiger partial charge on any atom is -0.467 e. The average molecular weight is 347 g/mol. The Hall–Kier alpha value is -3.19. The van der Waals surface area contributed by atoms with Crippen LogP contribution >= 0.6 is 0 Å². The van der Waals surface area contributed by atoms with Gasteiger partial charge in [-0.25, -0.2) is 0 Å². The lowest BCUT2D eigenvalue weighted by atomic mass is 10.2. The third kappa shape index (κ3) is 2.62. The molecule has 0 saturated carbocycles. The normalized spacial score (nSPS) is 17.7. The van der Waals surface area contributed by atoms with Crippen LogP contribution in [0.2, 0.25) is 0 Å². The molecule has 0 radical (unpaired) electrons. The molecular weight excluding hydrogens is 330 g/mol. The topological polar surface area (TPSA) is 68.7 Å². The summed E-state index contributed by atoms with van der Waals surface area (Å²) in [6.45, 7) is 2.09. The Labute approximate surface area is 149 Å². The van der Waals surface area contributed by atoms with Crippen LogP contribution in [0.3, 0.4) is 0 Å². The predicted molar refractivity (Wildman–Crippen MR) is 95.8 cm³/mol. The molecule has 0 amide bonds. The fourth-order valence-corrected chi connectivity index (χ4v) is 3.22. The molecule has 26 heavy (non-hydrogen) atoms. The molecule has 7 heteroatoms. The van der Waals surface area contributed by atoms with Crippen molar-refractivity contribution >= 4 is 11.5 Å². The van der Waals surface area contributed by atoms with Crippen LogP contribution < -0.4 is 4.90 Å². The highest BCUT2D eigenvalue weighted by Gasteiger charge is 2.25. The maximum absolute atomic E-state index is 5.84. The zero-order chi connectivity index (χ0) is 17.3. The molecule has 1 saturated heterocycles. The Morgan fingerprint density at radius 2 is 1.88 bits per heavy atom. The lowest BCUT2D eigenvalue weighted by Crippen LogP contribution is -2.39. The lowest BCUT2D eigenvalue weighted by Gasteiger charge is -2.32. The molecule has 7 nitrogen and oxygen atoms in total. The monoisotopic (exact) mass is 347 g/mol. The summed E-state index contributed by atoms with van der Waals surface area (Å²) >= 11 is 0. The molecule has 1 aliphatic rings. The summed E-state index contributed by atoms with van der Waals surface area (Å²) in [5.41, 5.74) is 1.71. The number of rotatable bonds is 3. The van der Waals surface area contributed by atoms with Crippen LogP contribution in [0.25, 0.3) is 17.0 Å². The van der Waals surface area contributed by atoms with Gasteiger partial charge < -0.3 is 14.1 Å². The molecule has 0 N–H and O–H groups in total. The Morgan fingerprint density at radius 1 is 0.962 bits per heavy atom. The van der Waals surface area contributed by atoms with E-state index in [1.54, 1.807) is 10.8 Å². The minimum absolute atomic E-state index is 0.0919. The average Bonchev–Trinajstić information content (AvgIpc) is 3.38. The van der Waals surface area contributed by atoms with Crippen LogP contribution in [-0.4, -0.2) is 39.5 Å². The van der Waals surface area contributed by atoms with E-state index in [0.717, 1.165) is 35.2 Å². The van der Waals surface area contributed by atoms with E-state index < -0.39 is 0 Å². The van der Waals surface area contributed by atoms with E-state index in [0.29, 0.717) is 13.2 Å². The van der Waals surface area contributed by atoms with Crippen molar-refractivity contribution < 1.29 is 9.15 Å². The van der Waals surface area contributed by atoms with Crippen LogP contribution in [0.4, 0.5) is 5.82 Å². The number of hydrogen-bond acceptors (Lipinski definition) is 6. The first-order valence-electron chi connectivity index (χ1n) is 8.56. The zero-order valence-electron chi connectivity index (χ0n) is 14.0. The van der Waals surface area contributed by atoms with E-state index in [1.807, 2.05) is 54.6 Å². The Balaban J connectivity index is 1.49. The summed E-state index contributed by atoms with van der Waals surface area (Å²) < 4.78 is 13.1. The summed E-state index contributed by atoms with van der Waals surface area (Å²) in [4.78, 5) is 2.20. The Kier molecular flexibility index (Phi) is 3.64. The molecule has 4 heterocycles. The van der Waals surface area contributed by atoms with Crippen LogP contribution in [0.15, 0.2) is 65.3 Å². The Morgan fingerprint density at radius 3 is 2.73 bits per heavy atom. The first-order valence-corrected chi connectivity index (χ1v) is 8.56. The molecular formula is C19H17N5O2. The van der Waals surface area contributed by atoms with E-state index >= 15 is 0 Å². The summed E-state index contributed by atoms with van der Waals surface area (Å²) in [6, 6.07) is 17.7. The molecule has 5 rings (SSSR count). The highest BCUT2D eigenvalue weighted by molar-refractivity contribution is 5.59. The van der Waals surface area contributed by atoms with Crippen molar-refractivity contribution in [1.29, 1.82) is 0 Å². The third-order valence-electron chi connectivity index (χ3n) is 4.53. The van der Waals surface area contributed by atoms with Crippen molar-refractivity contribution in [2.45, 2.75) is 6.10 Å². The second kappa shape index (κ2) is 6.27. The van der Waals surface area contributed by atoms with Gasteiger partial charge in [-0.2, -0.15) is 4.52 Å². The molecule has 1 aromatic carbocycles. The highest BCUT2D eigenvalue weighted by Crippen LogP contribution is 2.26. The number of fused-ring (bicyclic) bond motifs is 1. The number of furan rings is 1. The molecule has 1 aliphatic heterocycles. The summed E-state index contributed by atoms with van der Waals surface area (Å²) in [5, 5.41) is 13.3. The fraction of sp³-hybridized carbons (Fsp3) is 0.211. The number of anilines is 1. The SMILES string of the molecule is c1ccc(-c2nnc3ccc(N4CCOC(c5ccco5)C4)nn23)cc1. The molecule has 0 spiro atoms. The number of morpholine rings is 1. The smallest absolute Gasteiger partial charge is 0.185 e. The Bertz CT molecular complexity index is 1010. The number of benzene rings is 1. The van der Waals surface area contributed by atoms with E-state index in [1.165, 1.54) is 0 Å². The third-order valence-corrected chi connectivity index (χ3v) is 4.53. The van der Waals surface area contributed by atoms with Gasteiger partial charge in [-0.05, 0) is 24.3 Å². The second-order valence-electron chi connectivity index (χ2n) is 6.17. The number of hydrogen-bond donors (Lipinski definition) is 0. The number of nitrogens with zero attached hydrogens (tertiary/aromatic N) is 5. The van der Waals surface area contributed by atoms with Gasteiger partial charge in [-0.3, -0.25) is 0 Å². The van der Waals surface area contributed by atoms with Crippen LogP contribution in [0.1, 0.15) is 11.9 Å². The van der Waals surface area contributed by atoms with Crippen molar-refractivity contribution in [2.75, 3.05) is 24.6 Å².